The Morgan fingerprint density at radius 3 is 2.74 bits per heavy atom. The molecule has 1 heterocycles. The number of hydrogen-bond acceptors (Lipinski definition) is 6. The van der Waals surface area contributed by atoms with Crippen LogP contribution in [0, 0.1) is 6.92 Å². The summed E-state index contributed by atoms with van der Waals surface area (Å²) >= 11 is 1.44. The number of ether oxygens (including phenoxy) is 2. The Hall–Kier alpha value is -3.06. The summed E-state index contributed by atoms with van der Waals surface area (Å²) in [4.78, 5) is 31.1. The number of thioether (sulfide) groups is 1. The van der Waals surface area contributed by atoms with Crippen molar-refractivity contribution >= 4 is 40.6 Å². The molecule has 0 saturated heterocycles. The molecular formula is C24H26N2O4S. The summed E-state index contributed by atoms with van der Waals surface area (Å²) in [6.45, 7) is 4.17. The molecule has 3 rings (SSSR count). The van der Waals surface area contributed by atoms with Gasteiger partial charge in [-0.2, -0.15) is 0 Å². The molecule has 0 bridgehead atoms. The normalized spacial score (nSPS) is 14.7. The monoisotopic (exact) mass is 438 g/mol. The molecule has 31 heavy (non-hydrogen) atoms. The average Bonchev–Trinajstić information content (AvgIpc) is 3.06. The van der Waals surface area contributed by atoms with E-state index >= 15 is 0 Å². The maximum atomic E-state index is 13.3. The van der Waals surface area contributed by atoms with Gasteiger partial charge in [-0.15, -0.1) is 0 Å². The summed E-state index contributed by atoms with van der Waals surface area (Å²) in [5, 5.41) is 0.567. The van der Waals surface area contributed by atoms with Crippen molar-refractivity contribution in [2.45, 2.75) is 26.7 Å². The lowest BCUT2D eigenvalue weighted by molar-refractivity contribution is -0.143. The van der Waals surface area contributed by atoms with E-state index in [-0.39, 0.29) is 11.9 Å². The number of aryl methyl sites for hydroxylation is 1. The summed E-state index contributed by atoms with van der Waals surface area (Å²) in [5.74, 6) is 0.800. The number of aliphatic imine (C=N–C) groups is 1. The highest BCUT2D eigenvalue weighted by Gasteiger charge is 2.33. The first-order valence-electron chi connectivity index (χ1n) is 10.2. The van der Waals surface area contributed by atoms with Crippen LogP contribution in [0.2, 0.25) is 0 Å². The minimum absolute atomic E-state index is 0.209. The van der Waals surface area contributed by atoms with Gasteiger partial charge in [-0.3, -0.25) is 9.59 Å². The molecule has 6 nitrogen and oxygen atoms in total. The van der Waals surface area contributed by atoms with Gasteiger partial charge in [-0.05, 0) is 44.0 Å². The number of methoxy groups -OCH3 is 1. The van der Waals surface area contributed by atoms with Crippen LogP contribution in [0.4, 0.5) is 5.69 Å². The Bertz CT molecular complexity index is 1020. The van der Waals surface area contributed by atoms with Crippen LogP contribution in [0.15, 0.2) is 59.2 Å². The van der Waals surface area contributed by atoms with Crippen LogP contribution in [-0.4, -0.2) is 36.5 Å². The molecule has 0 fully saturated rings. The molecule has 1 aliphatic heterocycles. The van der Waals surface area contributed by atoms with Crippen LogP contribution >= 0.6 is 11.8 Å². The fraction of sp³-hybridized carbons (Fsp3) is 0.292. The molecule has 0 saturated carbocycles. The smallest absolute Gasteiger partial charge is 0.305 e. The van der Waals surface area contributed by atoms with E-state index in [9.17, 15) is 9.59 Å². The number of esters is 1. The van der Waals surface area contributed by atoms with Crippen LogP contribution in [0.3, 0.4) is 0 Å². The molecule has 7 heteroatoms. The third-order valence-corrected chi connectivity index (χ3v) is 5.59. The van der Waals surface area contributed by atoms with Crippen LogP contribution in [0.25, 0.3) is 6.08 Å². The van der Waals surface area contributed by atoms with E-state index in [0.717, 1.165) is 11.1 Å². The molecule has 0 spiro atoms. The lowest BCUT2D eigenvalue weighted by Gasteiger charge is -2.20. The molecule has 0 aromatic heterocycles. The van der Waals surface area contributed by atoms with Crippen molar-refractivity contribution in [3.8, 4) is 5.75 Å². The third-order valence-electron chi connectivity index (χ3n) is 4.56. The molecule has 0 aliphatic carbocycles. The predicted molar refractivity (Wildman–Crippen MR) is 125 cm³/mol. The molecule has 2 aromatic carbocycles. The zero-order valence-corrected chi connectivity index (χ0v) is 18.8. The van der Waals surface area contributed by atoms with E-state index < -0.39 is 0 Å². The van der Waals surface area contributed by atoms with Gasteiger partial charge >= 0.3 is 5.97 Å². The number of nitrogens with zero attached hydrogens (tertiary/aromatic N) is 2. The van der Waals surface area contributed by atoms with Gasteiger partial charge in [0.1, 0.15) is 11.4 Å². The Morgan fingerprint density at radius 1 is 1.19 bits per heavy atom. The number of hydrogen-bond donors (Lipinski definition) is 0. The largest absolute Gasteiger partial charge is 0.495 e. The second-order valence-corrected chi connectivity index (χ2v) is 7.97. The average molecular weight is 439 g/mol. The Labute approximate surface area is 187 Å². The van der Waals surface area contributed by atoms with Gasteiger partial charge in [-0.25, -0.2) is 9.89 Å². The number of anilines is 1. The lowest BCUT2D eigenvalue weighted by Crippen LogP contribution is -2.30. The van der Waals surface area contributed by atoms with Crippen molar-refractivity contribution < 1.29 is 19.1 Å². The molecule has 2 aromatic rings. The first-order valence-corrected chi connectivity index (χ1v) is 11.1. The number of amides is 1. The van der Waals surface area contributed by atoms with Crippen molar-refractivity contribution in [1.29, 1.82) is 0 Å². The fourth-order valence-electron chi connectivity index (χ4n) is 3.15. The summed E-state index contributed by atoms with van der Waals surface area (Å²) in [7, 11) is 1.58. The fourth-order valence-corrected chi connectivity index (χ4v) is 4.10. The third kappa shape index (κ3) is 5.76. The molecule has 162 valence electrons. The maximum absolute atomic E-state index is 13.3. The number of amidine groups is 1. The highest BCUT2D eigenvalue weighted by Crippen LogP contribution is 2.35. The second-order valence-electron chi connectivity index (χ2n) is 6.91. The Morgan fingerprint density at radius 2 is 2.00 bits per heavy atom. The summed E-state index contributed by atoms with van der Waals surface area (Å²) in [6, 6.07) is 15.3. The number of para-hydroxylation sites is 2. The van der Waals surface area contributed by atoms with E-state index in [4.69, 9.17) is 9.47 Å². The van der Waals surface area contributed by atoms with E-state index in [1.165, 1.54) is 11.8 Å². The van der Waals surface area contributed by atoms with Crippen molar-refractivity contribution in [3.05, 3.63) is 65.4 Å². The quantitative estimate of drug-likeness (QED) is 0.336. The molecule has 0 N–H and O–H groups in total. The molecule has 0 atom stereocenters. The summed E-state index contributed by atoms with van der Waals surface area (Å²) in [6.07, 6.45) is 2.76. The molecule has 1 amide bonds. The minimum atomic E-state index is -0.214. The zero-order chi connectivity index (χ0) is 22.2. The molecule has 0 unspecified atom stereocenters. The van der Waals surface area contributed by atoms with Gasteiger partial charge in [0.05, 0.1) is 19.4 Å². The van der Waals surface area contributed by atoms with Crippen molar-refractivity contribution in [1.82, 2.24) is 0 Å². The summed E-state index contributed by atoms with van der Waals surface area (Å²) in [5.41, 5.74) is 3.03. The molecule has 1 aliphatic rings. The van der Waals surface area contributed by atoms with Crippen LogP contribution in [0.5, 0.6) is 5.75 Å². The van der Waals surface area contributed by atoms with Gasteiger partial charge in [-0.1, -0.05) is 53.7 Å². The Kier molecular flexibility index (Phi) is 7.89. The SMILES string of the molecule is CCOC(=O)CCCSC1=NC(=Cc2cccc(C)c2)C(=O)N1c1ccccc1OC. The highest BCUT2D eigenvalue weighted by molar-refractivity contribution is 8.14. The summed E-state index contributed by atoms with van der Waals surface area (Å²) < 4.78 is 10.4. The van der Waals surface area contributed by atoms with Gasteiger partial charge in [0.2, 0.25) is 0 Å². The number of rotatable bonds is 8. The van der Waals surface area contributed by atoms with E-state index in [0.29, 0.717) is 47.5 Å². The van der Waals surface area contributed by atoms with Crippen molar-refractivity contribution in [3.63, 3.8) is 0 Å². The van der Waals surface area contributed by atoms with Crippen LogP contribution in [0.1, 0.15) is 30.9 Å². The Balaban J connectivity index is 1.86. The van der Waals surface area contributed by atoms with E-state index in [1.807, 2.05) is 55.5 Å². The van der Waals surface area contributed by atoms with Crippen molar-refractivity contribution in [2.75, 3.05) is 24.4 Å². The van der Waals surface area contributed by atoms with Crippen molar-refractivity contribution in [2.24, 2.45) is 4.99 Å². The standard InChI is InChI=1S/C24H26N2O4S/c1-4-30-22(27)13-8-14-31-24-25-19(16-18-10-7-9-17(2)15-18)23(28)26(24)20-11-5-6-12-21(20)29-3/h5-7,9-12,15-16H,4,8,13-14H2,1-3H3. The van der Waals surface area contributed by atoms with Gasteiger partial charge < -0.3 is 9.47 Å². The first kappa shape index (κ1) is 22.6. The van der Waals surface area contributed by atoms with Crippen LogP contribution < -0.4 is 9.64 Å². The van der Waals surface area contributed by atoms with Gasteiger partial charge in [0.15, 0.2) is 5.17 Å². The molecule has 0 radical (unpaired) electrons. The topological polar surface area (TPSA) is 68.2 Å². The lowest BCUT2D eigenvalue weighted by atomic mass is 10.1. The van der Waals surface area contributed by atoms with Gasteiger partial charge in [0, 0.05) is 12.2 Å². The minimum Gasteiger partial charge on any atom is -0.495 e. The second kappa shape index (κ2) is 10.8. The van der Waals surface area contributed by atoms with Crippen LogP contribution in [-0.2, 0) is 14.3 Å². The highest BCUT2D eigenvalue weighted by atomic mass is 32.2. The predicted octanol–water partition coefficient (Wildman–Crippen LogP) is 4.82. The van der Waals surface area contributed by atoms with E-state index in [1.54, 1.807) is 25.0 Å². The molecular weight excluding hydrogens is 412 g/mol. The number of benzene rings is 2. The van der Waals surface area contributed by atoms with Gasteiger partial charge in [0.25, 0.3) is 5.91 Å². The van der Waals surface area contributed by atoms with E-state index in [2.05, 4.69) is 4.99 Å². The first-order chi connectivity index (χ1) is 15.0. The number of carbonyl (C=O) groups is 2. The zero-order valence-electron chi connectivity index (χ0n) is 18.0. The maximum Gasteiger partial charge on any atom is 0.305 e. The number of carbonyl (C=O) groups excluding carboxylic acids is 2.